The average Bonchev–Trinajstić information content (AvgIpc) is 3.36. The van der Waals surface area contributed by atoms with Crippen LogP contribution in [0.15, 0.2) is 36.8 Å². The Kier molecular flexibility index (Phi) is 11.4. The number of H-pyrrole nitrogens is 1. The van der Waals surface area contributed by atoms with E-state index in [1.807, 2.05) is 0 Å². The van der Waals surface area contributed by atoms with E-state index >= 15 is 0 Å². The number of benzene rings is 1. The number of aromatic amines is 1. The molecule has 0 radical (unpaired) electrons. The Morgan fingerprint density at radius 3 is 1.97 bits per heavy atom. The number of aliphatic carboxylic acids is 2. The van der Waals surface area contributed by atoms with Crippen molar-refractivity contribution >= 4 is 29.7 Å². The van der Waals surface area contributed by atoms with E-state index in [1.54, 1.807) is 13.8 Å². The van der Waals surface area contributed by atoms with E-state index in [0.29, 0.717) is 11.3 Å². The predicted octanol–water partition coefficient (Wildman–Crippen LogP) is -0.712. The lowest BCUT2D eigenvalue weighted by molar-refractivity contribution is -0.142. The molecule has 4 atom stereocenters. The number of aromatic nitrogens is 2. The van der Waals surface area contributed by atoms with Gasteiger partial charge in [0.2, 0.25) is 17.7 Å². The molecule has 0 aliphatic rings. The summed E-state index contributed by atoms with van der Waals surface area (Å²) < 4.78 is 0. The van der Waals surface area contributed by atoms with Crippen molar-refractivity contribution in [2.75, 3.05) is 0 Å². The number of imidazole rings is 1. The lowest BCUT2D eigenvalue weighted by Crippen LogP contribution is -2.58. The van der Waals surface area contributed by atoms with Crippen LogP contribution in [0.3, 0.4) is 0 Å². The van der Waals surface area contributed by atoms with E-state index < -0.39 is 60.2 Å². The zero-order valence-electron chi connectivity index (χ0n) is 21.6. The van der Waals surface area contributed by atoms with E-state index in [-0.39, 0.29) is 30.9 Å². The van der Waals surface area contributed by atoms with Gasteiger partial charge in [-0.25, -0.2) is 9.78 Å². The second kappa shape index (κ2) is 14.5. The highest BCUT2D eigenvalue weighted by Crippen LogP contribution is 2.12. The zero-order valence-corrected chi connectivity index (χ0v) is 21.6. The molecule has 0 saturated carbocycles. The number of carboxylic acid groups (broad SMARTS) is 2. The number of nitrogens with two attached hydrogens (primary N) is 1. The third-order valence-corrected chi connectivity index (χ3v) is 5.67. The fourth-order valence-corrected chi connectivity index (χ4v) is 3.70. The SMILES string of the molecule is CC(C)CC(NC(=O)C(Cc1cnc[nH]1)NC(=O)C(Cc1ccc(O)cc1)NC(=O)C(N)CC(=O)O)C(=O)O. The summed E-state index contributed by atoms with van der Waals surface area (Å²) in [6.45, 7) is 3.61. The third kappa shape index (κ3) is 10.4. The van der Waals surface area contributed by atoms with Gasteiger partial charge in [-0.1, -0.05) is 26.0 Å². The van der Waals surface area contributed by atoms with Gasteiger partial charge in [-0.15, -0.1) is 0 Å². The van der Waals surface area contributed by atoms with Crippen molar-refractivity contribution in [1.82, 2.24) is 25.9 Å². The molecule has 39 heavy (non-hydrogen) atoms. The molecule has 4 unspecified atom stereocenters. The van der Waals surface area contributed by atoms with Crippen LogP contribution in [0.25, 0.3) is 0 Å². The van der Waals surface area contributed by atoms with Gasteiger partial charge in [0.1, 0.15) is 23.9 Å². The maximum atomic E-state index is 13.4. The van der Waals surface area contributed by atoms with Gasteiger partial charge in [0, 0.05) is 24.7 Å². The molecule has 0 fully saturated rings. The van der Waals surface area contributed by atoms with Crippen LogP contribution in [-0.4, -0.2) is 79.1 Å². The zero-order chi connectivity index (χ0) is 29.1. The van der Waals surface area contributed by atoms with E-state index in [0.717, 1.165) is 0 Å². The van der Waals surface area contributed by atoms with Crippen molar-refractivity contribution in [2.45, 2.75) is 63.7 Å². The van der Waals surface area contributed by atoms with Gasteiger partial charge in [0.05, 0.1) is 18.8 Å². The molecule has 1 aromatic heterocycles. The molecule has 1 heterocycles. The molecule has 2 rings (SSSR count). The second-order valence-electron chi connectivity index (χ2n) is 9.51. The molecule has 0 aliphatic carbocycles. The van der Waals surface area contributed by atoms with Crippen molar-refractivity contribution < 1.29 is 39.3 Å². The summed E-state index contributed by atoms with van der Waals surface area (Å²) in [5.41, 5.74) is 6.67. The largest absolute Gasteiger partial charge is 0.508 e. The summed E-state index contributed by atoms with van der Waals surface area (Å²) in [5, 5.41) is 35.5. The first-order valence-electron chi connectivity index (χ1n) is 12.2. The number of carbonyl (C=O) groups excluding carboxylic acids is 3. The normalized spacial score (nSPS) is 14.1. The summed E-state index contributed by atoms with van der Waals surface area (Å²) in [6.07, 6.45) is 2.16. The Balaban J connectivity index is 2.29. The summed E-state index contributed by atoms with van der Waals surface area (Å²) in [7, 11) is 0. The summed E-state index contributed by atoms with van der Waals surface area (Å²) in [4.78, 5) is 68.5. The number of carboxylic acids is 2. The van der Waals surface area contributed by atoms with Crippen molar-refractivity contribution in [2.24, 2.45) is 11.7 Å². The van der Waals surface area contributed by atoms with Crippen LogP contribution in [0.1, 0.15) is 37.9 Å². The first-order valence-corrected chi connectivity index (χ1v) is 12.2. The number of carbonyl (C=O) groups is 5. The van der Waals surface area contributed by atoms with Crippen molar-refractivity contribution in [3.63, 3.8) is 0 Å². The molecular weight excluding hydrogens is 512 g/mol. The first-order chi connectivity index (χ1) is 18.3. The summed E-state index contributed by atoms with van der Waals surface area (Å²) >= 11 is 0. The third-order valence-electron chi connectivity index (χ3n) is 5.67. The minimum absolute atomic E-state index is 0.0158. The van der Waals surface area contributed by atoms with Gasteiger partial charge >= 0.3 is 11.9 Å². The van der Waals surface area contributed by atoms with Crippen LogP contribution in [-0.2, 0) is 36.8 Å². The molecular formula is C25H34N6O8. The maximum absolute atomic E-state index is 13.4. The van der Waals surface area contributed by atoms with Gasteiger partial charge in [0.15, 0.2) is 0 Å². The number of nitrogens with one attached hydrogen (secondary N) is 4. The van der Waals surface area contributed by atoms with E-state index in [1.165, 1.54) is 36.8 Å². The highest BCUT2D eigenvalue weighted by atomic mass is 16.4. The molecule has 0 bridgehead atoms. The first kappa shape index (κ1) is 30.8. The highest BCUT2D eigenvalue weighted by molar-refractivity contribution is 5.95. The standard InChI is InChI=1S/C25H34N6O8/c1-13(2)7-20(25(38)39)31-24(37)19(9-15-11-27-12-28-15)30-23(36)18(8-14-3-5-16(32)6-4-14)29-22(35)17(26)10-21(33)34/h3-6,11-13,17-20,32H,7-10,26H2,1-2H3,(H,27,28)(H,29,35)(H,30,36)(H,31,37)(H,33,34)(H,38,39). The minimum Gasteiger partial charge on any atom is -0.508 e. The Labute approximate surface area is 224 Å². The number of aromatic hydroxyl groups is 1. The summed E-state index contributed by atoms with van der Waals surface area (Å²) in [5.74, 6) is -5.03. The summed E-state index contributed by atoms with van der Waals surface area (Å²) in [6, 6.07) is 0.654. The molecule has 212 valence electrons. The van der Waals surface area contributed by atoms with Crippen LogP contribution in [0.2, 0.25) is 0 Å². The van der Waals surface area contributed by atoms with Gasteiger partial charge < -0.3 is 42.0 Å². The Bertz CT molecular complexity index is 1140. The van der Waals surface area contributed by atoms with Crippen LogP contribution >= 0.6 is 0 Å². The number of phenolic OH excluding ortho intramolecular Hbond substituents is 1. The highest BCUT2D eigenvalue weighted by Gasteiger charge is 2.31. The number of amides is 3. The maximum Gasteiger partial charge on any atom is 0.326 e. The van der Waals surface area contributed by atoms with Gasteiger partial charge in [-0.2, -0.15) is 0 Å². The Hall–Kier alpha value is -4.46. The molecule has 9 N–H and O–H groups in total. The molecule has 0 spiro atoms. The second-order valence-corrected chi connectivity index (χ2v) is 9.51. The van der Waals surface area contributed by atoms with Gasteiger partial charge in [0.25, 0.3) is 0 Å². The van der Waals surface area contributed by atoms with E-state index in [9.17, 15) is 34.2 Å². The quantitative estimate of drug-likeness (QED) is 0.140. The van der Waals surface area contributed by atoms with Crippen LogP contribution in [0, 0.1) is 5.92 Å². The average molecular weight is 547 g/mol. The van der Waals surface area contributed by atoms with Crippen molar-refractivity contribution in [3.05, 3.63) is 48.0 Å². The topological polar surface area (TPSA) is 237 Å². The number of nitrogens with zero attached hydrogens (tertiary/aromatic N) is 1. The van der Waals surface area contributed by atoms with Gasteiger partial charge in [-0.05, 0) is 30.0 Å². The molecule has 14 heteroatoms. The fourth-order valence-electron chi connectivity index (χ4n) is 3.70. The van der Waals surface area contributed by atoms with Crippen LogP contribution in [0.5, 0.6) is 5.75 Å². The van der Waals surface area contributed by atoms with E-state index in [2.05, 4.69) is 25.9 Å². The van der Waals surface area contributed by atoms with Crippen molar-refractivity contribution in [3.8, 4) is 5.75 Å². The monoisotopic (exact) mass is 546 g/mol. The fraction of sp³-hybridized carbons (Fsp3) is 0.440. The number of phenols is 1. The minimum atomic E-state index is -1.44. The Morgan fingerprint density at radius 2 is 1.46 bits per heavy atom. The number of rotatable bonds is 15. The lowest BCUT2D eigenvalue weighted by Gasteiger charge is -2.25. The van der Waals surface area contributed by atoms with Crippen LogP contribution in [0.4, 0.5) is 0 Å². The molecule has 14 nitrogen and oxygen atoms in total. The molecule has 3 amide bonds. The lowest BCUT2D eigenvalue weighted by atomic mass is 10.0. The predicted molar refractivity (Wildman–Crippen MR) is 137 cm³/mol. The molecule has 2 aromatic rings. The van der Waals surface area contributed by atoms with Crippen LogP contribution < -0.4 is 21.7 Å². The number of hydrogen-bond acceptors (Lipinski definition) is 8. The van der Waals surface area contributed by atoms with Gasteiger partial charge in [-0.3, -0.25) is 19.2 Å². The smallest absolute Gasteiger partial charge is 0.326 e. The molecule has 1 aromatic carbocycles. The van der Waals surface area contributed by atoms with E-state index in [4.69, 9.17) is 10.8 Å². The number of hydrogen-bond donors (Lipinski definition) is 8. The molecule has 0 aliphatic heterocycles. The Morgan fingerprint density at radius 1 is 0.897 bits per heavy atom. The molecule has 0 saturated heterocycles. The van der Waals surface area contributed by atoms with Crippen molar-refractivity contribution in [1.29, 1.82) is 0 Å².